The zero-order valence-corrected chi connectivity index (χ0v) is 14.4. The van der Waals surface area contributed by atoms with E-state index in [0.717, 1.165) is 37.2 Å². The first-order valence-electron chi connectivity index (χ1n) is 8.10. The van der Waals surface area contributed by atoms with Gasteiger partial charge in [-0.1, -0.05) is 30.3 Å². The third-order valence-electron chi connectivity index (χ3n) is 3.66. The molecular weight excluding hydrogens is 297 g/mol. The molecule has 0 spiro atoms. The Hall–Kier alpha value is -1.09. The Labute approximate surface area is 133 Å². The highest BCUT2D eigenvalue weighted by atomic mass is 31.2. The standard InChI is InChI=1S/C17H26NO3P/c1-3-20-22(19,21-4-2)15-17(16-11-7-5-8-12-16)18-13-9-6-10-14-18/h5,7-8,11-12,15H,3-4,6,9-10,13-14H2,1-2H3/b17-15+. The Morgan fingerprint density at radius 3 is 2.23 bits per heavy atom. The lowest BCUT2D eigenvalue weighted by Gasteiger charge is -2.32. The number of rotatable bonds is 7. The molecule has 0 aromatic heterocycles. The molecule has 4 nitrogen and oxygen atoms in total. The van der Waals surface area contributed by atoms with Crippen LogP contribution in [0.25, 0.3) is 5.70 Å². The van der Waals surface area contributed by atoms with Gasteiger partial charge in [-0.05, 0) is 38.7 Å². The van der Waals surface area contributed by atoms with Crippen molar-refractivity contribution in [1.82, 2.24) is 4.90 Å². The van der Waals surface area contributed by atoms with Crippen LogP contribution in [0.5, 0.6) is 0 Å². The molecule has 0 aliphatic carbocycles. The van der Waals surface area contributed by atoms with Crippen molar-refractivity contribution in [3.05, 3.63) is 41.7 Å². The van der Waals surface area contributed by atoms with E-state index >= 15 is 0 Å². The highest BCUT2D eigenvalue weighted by molar-refractivity contribution is 7.57. The van der Waals surface area contributed by atoms with Crippen molar-refractivity contribution in [2.24, 2.45) is 0 Å². The molecular formula is C17H26NO3P. The van der Waals surface area contributed by atoms with E-state index < -0.39 is 7.60 Å². The number of benzene rings is 1. The summed E-state index contributed by atoms with van der Waals surface area (Å²) in [5, 5.41) is 0. The molecule has 1 aromatic carbocycles. The van der Waals surface area contributed by atoms with Crippen LogP contribution in [-0.2, 0) is 13.6 Å². The Balaban J connectivity index is 2.37. The van der Waals surface area contributed by atoms with E-state index in [0.29, 0.717) is 13.2 Å². The normalized spacial score (nSPS) is 16.8. The van der Waals surface area contributed by atoms with Gasteiger partial charge in [0.15, 0.2) is 0 Å². The molecule has 1 fully saturated rings. The summed E-state index contributed by atoms with van der Waals surface area (Å²) < 4.78 is 23.8. The molecule has 0 atom stereocenters. The van der Waals surface area contributed by atoms with Crippen LogP contribution >= 0.6 is 7.60 Å². The highest BCUT2D eigenvalue weighted by Gasteiger charge is 2.25. The molecule has 0 unspecified atom stereocenters. The summed E-state index contributed by atoms with van der Waals surface area (Å²) in [4.78, 5) is 2.30. The Morgan fingerprint density at radius 1 is 1.09 bits per heavy atom. The van der Waals surface area contributed by atoms with Crippen molar-refractivity contribution >= 4 is 13.3 Å². The smallest absolute Gasteiger partial charge is 0.356 e. The Bertz CT molecular complexity index is 514. The molecule has 0 bridgehead atoms. The molecule has 0 N–H and O–H groups in total. The van der Waals surface area contributed by atoms with Crippen molar-refractivity contribution in [2.45, 2.75) is 33.1 Å². The lowest BCUT2D eigenvalue weighted by atomic mass is 10.1. The minimum absolute atomic E-state index is 0.371. The lowest BCUT2D eigenvalue weighted by molar-refractivity contribution is 0.228. The summed E-state index contributed by atoms with van der Waals surface area (Å²) in [6.45, 7) is 6.38. The molecule has 0 radical (unpaired) electrons. The highest BCUT2D eigenvalue weighted by Crippen LogP contribution is 2.52. The van der Waals surface area contributed by atoms with Crippen molar-refractivity contribution in [1.29, 1.82) is 0 Å². The number of piperidine rings is 1. The first kappa shape index (κ1) is 17.3. The summed E-state index contributed by atoms with van der Waals surface area (Å²) in [6.07, 6.45) is 3.59. The Kier molecular flexibility index (Phi) is 6.69. The minimum atomic E-state index is -3.21. The third kappa shape index (κ3) is 4.70. The first-order valence-corrected chi connectivity index (χ1v) is 9.71. The molecule has 0 saturated carbocycles. The molecule has 5 heteroatoms. The maximum absolute atomic E-state index is 12.9. The van der Waals surface area contributed by atoms with Crippen molar-refractivity contribution in [2.75, 3.05) is 26.3 Å². The molecule has 1 aromatic rings. The summed E-state index contributed by atoms with van der Waals surface area (Å²) in [5.74, 6) is 1.71. The van der Waals surface area contributed by atoms with Gasteiger partial charge >= 0.3 is 7.60 Å². The fraction of sp³-hybridized carbons (Fsp3) is 0.529. The van der Waals surface area contributed by atoms with Crippen LogP contribution in [0.4, 0.5) is 0 Å². The second kappa shape index (κ2) is 8.52. The van der Waals surface area contributed by atoms with Crippen LogP contribution in [0, 0.1) is 0 Å². The quantitative estimate of drug-likeness (QED) is 0.680. The summed E-state index contributed by atoms with van der Waals surface area (Å²) >= 11 is 0. The van der Waals surface area contributed by atoms with Crippen molar-refractivity contribution in [3.8, 4) is 0 Å². The van der Waals surface area contributed by atoms with Crippen molar-refractivity contribution < 1.29 is 13.6 Å². The fourth-order valence-electron chi connectivity index (χ4n) is 2.70. The number of hydrogen-bond donors (Lipinski definition) is 0. The van der Waals surface area contributed by atoms with Crippen LogP contribution < -0.4 is 0 Å². The van der Waals surface area contributed by atoms with E-state index in [9.17, 15) is 4.57 Å². The molecule has 1 saturated heterocycles. The van der Waals surface area contributed by atoms with Gasteiger partial charge in [-0.3, -0.25) is 4.57 Å². The third-order valence-corrected chi connectivity index (χ3v) is 5.46. The number of hydrogen-bond acceptors (Lipinski definition) is 4. The summed E-state index contributed by atoms with van der Waals surface area (Å²) in [5.41, 5.74) is 2.02. The van der Waals surface area contributed by atoms with Gasteiger partial charge in [-0.15, -0.1) is 0 Å². The monoisotopic (exact) mass is 323 g/mol. The number of nitrogens with zero attached hydrogens (tertiary/aromatic N) is 1. The largest absolute Gasteiger partial charge is 0.371 e. The predicted octanol–water partition coefficient (Wildman–Crippen LogP) is 4.74. The van der Waals surface area contributed by atoms with E-state index in [1.807, 2.05) is 44.2 Å². The van der Waals surface area contributed by atoms with Gasteiger partial charge in [0.25, 0.3) is 0 Å². The second-order valence-corrected chi connectivity index (χ2v) is 7.16. The number of likely N-dealkylation sites (tertiary alicyclic amines) is 1. The van der Waals surface area contributed by atoms with E-state index in [1.54, 1.807) is 5.82 Å². The fourth-order valence-corrected chi connectivity index (χ4v) is 4.26. The van der Waals surface area contributed by atoms with Gasteiger partial charge in [0.1, 0.15) is 0 Å². The van der Waals surface area contributed by atoms with Gasteiger partial charge < -0.3 is 13.9 Å². The average Bonchev–Trinajstić information content (AvgIpc) is 2.55. The average molecular weight is 323 g/mol. The van der Waals surface area contributed by atoms with Crippen LogP contribution in [0.15, 0.2) is 36.1 Å². The molecule has 2 rings (SSSR count). The zero-order chi connectivity index (χ0) is 15.8. The van der Waals surface area contributed by atoms with Gasteiger partial charge in [0.2, 0.25) is 0 Å². The topological polar surface area (TPSA) is 38.8 Å². The van der Waals surface area contributed by atoms with Crippen molar-refractivity contribution in [3.63, 3.8) is 0 Å². The Morgan fingerprint density at radius 2 is 1.68 bits per heavy atom. The molecule has 0 amide bonds. The van der Waals surface area contributed by atoms with Crippen LogP contribution in [0.3, 0.4) is 0 Å². The predicted molar refractivity (Wildman–Crippen MR) is 90.7 cm³/mol. The second-order valence-electron chi connectivity index (χ2n) is 5.30. The molecule has 122 valence electrons. The van der Waals surface area contributed by atoms with Gasteiger partial charge in [0, 0.05) is 13.1 Å². The van der Waals surface area contributed by atoms with E-state index in [4.69, 9.17) is 9.05 Å². The SMILES string of the molecule is CCOP(=O)(/C=C(\c1ccccc1)N1CCCCC1)OCC. The zero-order valence-electron chi connectivity index (χ0n) is 13.5. The molecule has 1 aliphatic rings. The van der Waals surface area contributed by atoms with Gasteiger partial charge in [-0.2, -0.15) is 0 Å². The van der Waals surface area contributed by atoms with E-state index in [1.165, 1.54) is 6.42 Å². The molecule has 22 heavy (non-hydrogen) atoms. The minimum Gasteiger partial charge on any atom is -0.371 e. The molecule has 1 heterocycles. The van der Waals surface area contributed by atoms with Gasteiger partial charge in [0.05, 0.1) is 24.7 Å². The van der Waals surface area contributed by atoms with Crippen LogP contribution in [-0.4, -0.2) is 31.2 Å². The van der Waals surface area contributed by atoms with E-state index in [2.05, 4.69) is 4.90 Å². The maximum atomic E-state index is 12.9. The van der Waals surface area contributed by atoms with Crippen LogP contribution in [0.2, 0.25) is 0 Å². The summed E-state index contributed by atoms with van der Waals surface area (Å²) in [6, 6.07) is 10.1. The maximum Gasteiger partial charge on any atom is 0.356 e. The van der Waals surface area contributed by atoms with Crippen LogP contribution in [0.1, 0.15) is 38.7 Å². The summed E-state index contributed by atoms with van der Waals surface area (Å²) in [7, 11) is -3.21. The van der Waals surface area contributed by atoms with E-state index in [-0.39, 0.29) is 0 Å². The van der Waals surface area contributed by atoms with Gasteiger partial charge in [-0.25, -0.2) is 0 Å². The first-order chi connectivity index (χ1) is 10.7. The lowest BCUT2D eigenvalue weighted by Crippen LogP contribution is -2.28. The molecule has 1 aliphatic heterocycles.